The summed E-state index contributed by atoms with van der Waals surface area (Å²) in [4.78, 5) is 25.3. The van der Waals surface area contributed by atoms with Crippen molar-refractivity contribution in [2.24, 2.45) is 7.05 Å². The first-order valence-electron chi connectivity index (χ1n) is 8.61. The number of anilines is 1. The second-order valence-corrected chi connectivity index (χ2v) is 6.27. The number of carbonyl (C=O) groups excluding carboxylic acids is 2. The van der Waals surface area contributed by atoms with Gasteiger partial charge in [0.25, 0.3) is 5.91 Å². The Morgan fingerprint density at radius 1 is 1.00 bits per heavy atom. The van der Waals surface area contributed by atoms with Crippen LogP contribution >= 0.6 is 0 Å². The van der Waals surface area contributed by atoms with Gasteiger partial charge in [0.05, 0.1) is 5.56 Å². The first-order chi connectivity index (χ1) is 13.8. The van der Waals surface area contributed by atoms with Crippen molar-refractivity contribution < 1.29 is 27.5 Å². The van der Waals surface area contributed by atoms with Crippen LogP contribution in [0.4, 0.5) is 18.9 Å². The molecule has 0 aliphatic rings. The molecule has 0 unspecified atom stereocenters. The van der Waals surface area contributed by atoms with E-state index in [0.29, 0.717) is 5.56 Å². The zero-order valence-electron chi connectivity index (χ0n) is 15.3. The molecule has 5 nitrogen and oxygen atoms in total. The van der Waals surface area contributed by atoms with E-state index in [0.717, 1.165) is 12.1 Å². The highest BCUT2D eigenvalue weighted by atomic mass is 19.4. The molecule has 1 N–H and O–H groups in total. The van der Waals surface area contributed by atoms with Gasteiger partial charge in [-0.1, -0.05) is 36.4 Å². The highest BCUT2D eigenvalue weighted by molar-refractivity contribution is 5.97. The maximum Gasteiger partial charge on any atom is 0.416 e. The van der Waals surface area contributed by atoms with Gasteiger partial charge < -0.3 is 14.6 Å². The smallest absolute Gasteiger partial charge is 0.416 e. The minimum atomic E-state index is -4.54. The van der Waals surface area contributed by atoms with Crippen LogP contribution in [0.3, 0.4) is 0 Å². The molecule has 0 fully saturated rings. The van der Waals surface area contributed by atoms with Crippen molar-refractivity contribution in [2.45, 2.75) is 12.3 Å². The second kappa shape index (κ2) is 8.22. The third-order valence-corrected chi connectivity index (χ3v) is 4.18. The predicted molar refractivity (Wildman–Crippen MR) is 100 cm³/mol. The van der Waals surface area contributed by atoms with E-state index in [2.05, 4.69) is 5.32 Å². The van der Waals surface area contributed by atoms with Gasteiger partial charge in [-0.2, -0.15) is 13.2 Å². The number of alkyl halides is 3. The number of esters is 1. The fraction of sp³-hybridized carbons (Fsp3) is 0.143. The molecule has 0 spiro atoms. The summed E-state index contributed by atoms with van der Waals surface area (Å²) in [6.45, 7) is 0. The maximum atomic E-state index is 12.9. The Labute approximate surface area is 164 Å². The average Bonchev–Trinajstić information content (AvgIpc) is 3.12. The van der Waals surface area contributed by atoms with Crippen molar-refractivity contribution in [3.8, 4) is 0 Å². The lowest BCUT2D eigenvalue weighted by molar-refractivity contribution is -0.137. The second-order valence-electron chi connectivity index (χ2n) is 6.27. The van der Waals surface area contributed by atoms with Crippen LogP contribution in [-0.2, 0) is 22.8 Å². The van der Waals surface area contributed by atoms with Crippen LogP contribution in [0.2, 0.25) is 0 Å². The van der Waals surface area contributed by atoms with Gasteiger partial charge in [0.1, 0.15) is 5.69 Å². The average molecular weight is 402 g/mol. The highest BCUT2D eigenvalue weighted by Gasteiger charge is 2.31. The van der Waals surface area contributed by atoms with Gasteiger partial charge in [-0.3, -0.25) is 4.79 Å². The summed E-state index contributed by atoms with van der Waals surface area (Å²) in [5, 5.41) is 2.40. The van der Waals surface area contributed by atoms with Crippen LogP contribution in [0.25, 0.3) is 0 Å². The summed E-state index contributed by atoms with van der Waals surface area (Å²) in [5.74, 6) is -1.50. The molecule has 0 aliphatic heterocycles. The Balaban J connectivity index is 1.86. The monoisotopic (exact) mass is 402 g/mol. The molecule has 0 bridgehead atoms. The third kappa shape index (κ3) is 4.84. The number of nitrogens with zero attached hydrogens (tertiary/aromatic N) is 1. The van der Waals surface area contributed by atoms with Crippen molar-refractivity contribution in [1.29, 1.82) is 0 Å². The zero-order valence-corrected chi connectivity index (χ0v) is 15.3. The van der Waals surface area contributed by atoms with Gasteiger partial charge in [0, 0.05) is 24.5 Å². The highest BCUT2D eigenvalue weighted by Crippen LogP contribution is 2.31. The molecule has 3 rings (SSSR count). The lowest BCUT2D eigenvalue weighted by Crippen LogP contribution is -2.26. The molecule has 1 aromatic heterocycles. The van der Waals surface area contributed by atoms with E-state index in [1.807, 2.05) is 0 Å². The van der Waals surface area contributed by atoms with E-state index < -0.39 is 29.7 Å². The zero-order chi connectivity index (χ0) is 21.0. The standard InChI is InChI=1S/C21H17F3N2O3/c1-26-12-6-11-17(26)20(28)29-18(14-7-3-2-4-8-14)19(27)25-16-10-5-9-15(13-16)21(22,23)24/h2-13,18H,1H3,(H,25,27)/t18-/m0/s1. The quantitative estimate of drug-likeness (QED) is 0.636. The van der Waals surface area contributed by atoms with Crippen LogP contribution in [0.5, 0.6) is 0 Å². The van der Waals surface area contributed by atoms with E-state index in [9.17, 15) is 22.8 Å². The molecule has 1 amide bonds. The lowest BCUT2D eigenvalue weighted by atomic mass is 10.1. The number of benzene rings is 2. The Bertz CT molecular complexity index is 1010. The van der Waals surface area contributed by atoms with Gasteiger partial charge in [0.15, 0.2) is 0 Å². The molecule has 0 saturated carbocycles. The topological polar surface area (TPSA) is 60.3 Å². The van der Waals surface area contributed by atoms with Crippen LogP contribution in [0.1, 0.15) is 27.7 Å². The van der Waals surface area contributed by atoms with E-state index in [-0.39, 0.29) is 11.4 Å². The Kier molecular flexibility index (Phi) is 5.72. The number of halogens is 3. The van der Waals surface area contributed by atoms with E-state index >= 15 is 0 Å². The van der Waals surface area contributed by atoms with Crippen LogP contribution < -0.4 is 5.32 Å². The van der Waals surface area contributed by atoms with Crippen LogP contribution in [0.15, 0.2) is 72.9 Å². The minimum absolute atomic E-state index is 0.0549. The number of ether oxygens (including phenoxy) is 1. The number of amides is 1. The fourth-order valence-corrected chi connectivity index (χ4v) is 2.72. The Morgan fingerprint density at radius 2 is 1.72 bits per heavy atom. The summed E-state index contributed by atoms with van der Waals surface area (Å²) in [5.41, 5.74) is -0.328. The summed E-state index contributed by atoms with van der Waals surface area (Å²) < 4.78 is 45.7. The van der Waals surface area contributed by atoms with Crippen molar-refractivity contribution >= 4 is 17.6 Å². The van der Waals surface area contributed by atoms with E-state index in [1.54, 1.807) is 49.6 Å². The van der Waals surface area contributed by atoms with Gasteiger partial charge in [-0.15, -0.1) is 0 Å². The van der Waals surface area contributed by atoms with Gasteiger partial charge in [-0.25, -0.2) is 4.79 Å². The molecule has 1 atom stereocenters. The Hall–Kier alpha value is -3.55. The molecule has 0 saturated heterocycles. The summed E-state index contributed by atoms with van der Waals surface area (Å²) >= 11 is 0. The number of rotatable bonds is 5. The van der Waals surface area contributed by atoms with Gasteiger partial charge >= 0.3 is 12.1 Å². The molecular formula is C21H17F3N2O3. The predicted octanol–water partition coefficient (Wildman–Crippen LogP) is 4.58. The Morgan fingerprint density at radius 3 is 2.34 bits per heavy atom. The van der Waals surface area contributed by atoms with Crippen LogP contribution in [-0.4, -0.2) is 16.4 Å². The molecule has 1 heterocycles. The summed E-state index contributed by atoms with van der Waals surface area (Å²) in [6, 6.07) is 15.7. The minimum Gasteiger partial charge on any atom is -0.443 e. The molecule has 29 heavy (non-hydrogen) atoms. The lowest BCUT2D eigenvalue weighted by Gasteiger charge is -2.19. The molecule has 3 aromatic rings. The summed E-state index contributed by atoms with van der Waals surface area (Å²) in [6.07, 6.45) is -4.23. The van der Waals surface area contributed by atoms with Crippen molar-refractivity contribution in [1.82, 2.24) is 4.57 Å². The van der Waals surface area contributed by atoms with Crippen molar-refractivity contribution in [3.63, 3.8) is 0 Å². The van der Waals surface area contributed by atoms with Gasteiger partial charge in [0.2, 0.25) is 6.10 Å². The summed E-state index contributed by atoms with van der Waals surface area (Å²) in [7, 11) is 1.65. The number of aryl methyl sites for hydroxylation is 1. The van der Waals surface area contributed by atoms with Crippen molar-refractivity contribution in [2.75, 3.05) is 5.32 Å². The maximum absolute atomic E-state index is 12.9. The van der Waals surface area contributed by atoms with Crippen LogP contribution in [0, 0.1) is 0 Å². The molecule has 2 aromatic carbocycles. The van der Waals surface area contributed by atoms with Crippen molar-refractivity contribution in [3.05, 3.63) is 89.7 Å². The number of hydrogen-bond donors (Lipinski definition) is 1. The first-order valence-corrected chi connectivity index (χ1v) is 8.61. The number of hydrogen-bond acceptors (Lipinski definition) is 3. The normalized spacial score (nSPS) is 12.3. The number of carbonyl (C=O) groups is 2. The molecule has 0 aliphatic carbocycles. The number of nitrogens with one attached hydrogen (secondary N) is 1. The SMILES string of the molecule is Cn1cccc1C(=O)O[C@H](C(=O)Nc1cccc(C(F)(F)F)c1)c1ccccc1. The van der Waals surface area contributed by atoms with E-state index in [1.165, 1.54) is 22.8 Å². The number of aromatic nitrogens is 1. The van der Waals surface area contributed by atoms with Gasteiger partial charge in [-0.05, 0) is 30.3 Å². The first kappa shape index (κ1) is 20.2. The van der Waals surface area contributed by atoms with E-state index in [4.69, 9.17) is 4.74 Å². The molecule has 0 radical (unpaired) electrons. The molecule has 8 heteroatoms. The fourth-order valence-electron chi connectivity index (χ4n) is 2.72. The largest absolute Gasteiger partial charge is 0.443 e. The third-order valence-electron chi connectivity index (χ3n) is 4.18. The molecule has 150 valence electrons. The molecular weight excluding hydrogens is 385 g/mol.